The van der Waals surface area contributed by atoms with Gasteiger partial charge in [0.2, 0.25) is 0 Å². The van der Waals surface area contributed by atoms with Crippen LogP contribution in [0, 0.1) is 0 Å². The number of hydrogen-bond donors (Lipinski definition) is 0. The number of benzene rings is 1. The lowest BCUT2D eigenvalue weighted by Gasteiger charge is -2.32. The molecule has 0 radical (unpaired) electrons. The second-order valence-corrected chi connectivity index (χ2v) is 8.86. The topological polar surface area (TPSA) is 57.9 Å². The number of hydrogen-bond acceptors (Lipinski definition) is 3. The lowest BCUT2D eigenvalue weighted by molar-refractivity contribution is 0.0712. The number of rotatable bonds is 3. The molecule has 31 heavy (non-hydrogen) atoms. The van der Waals surface area contributed by atoms with E-state index >= 15 is 0 Å². The highest BCUT2D eigenvalue weighted by molar-refractivity contribution is 6.30. The van der Waals surface area contributed by atoms with Gasteiger partial charge in [0, 0.05) is 43.0 Å². The summed E-state index contributed by atoms with van der Waals surface area (Å²) in [5.41, 5.74) is 3.39. The number of likely N-dealkylation sites (tertiary alicyclic amines) is 2. The zero-order valence-electron chi connectivity index (χ0n) is 17.3. The monoisotopic (exact) mass is 436 g/mol. The molecule has 1 aromatic carbocycles. The molecule has 0 aliphatic carbocycles. The van der Waals surface area contributed by atoms with Crippen molar-refractivity contribution in [3.8, 4) is 0 Å². The molecule has 0 N–H and O–H groups in total. The van der Waals surface area contributed by atoms with E-state index in [9.17, 15) is 9.59 Å². The van der Waals surface area contributed by atoms with Gasteiger partial charge in [0.1, 0.15) is 0 Å². The van der Waals surface area contributed by atoms with Gasteiger partial charge in [-0.1, -0.05) is 17.7 Å². The minimum Gasteiger partial charge on any atom is -0.339 e. The van der Waals surface area contributed by atoms with Crippen LogP contribution in [0.2, 0.25) is 5.02 Å². The number of pyridine rings is 1. The van der Waals surface area contributed by atoms with Gasteiger partial charge in [-0.2, -0.15) is 5.10 Å². The molecule has 0 spiro atoms. The third-order valence-electron chi connectivity index (χ3n) is 6.49. The zero-order valence-corrected chi connectivity index (χ0v) is 18.1. The summed E-state index contributed by atoms with van der Waals surface area (Å²) in [7, 11) is 0. The van der Waals surface area contributed by atoms with Crippen LogP contribution in [-0.4, -0.2) is 57.4 Å². The predicted molar refractivity (Wildman–Crippen MR) is 120 cm³/mol. The Labute approximate surface area is 186 Å². The van der Waals surface area contributed by atoms with E-state index in [1.165, 1.54) is 5.56 Å². The fourth-order valence-corrected chi connectivity index (χ4v) is 4.92. The van der Waals surface area contributed by atoms with Crippen LogP contribution in [0.5, 0.6) is 0 Å². The standard InChI is InChI=1S/C24H25ClN4O2/c25-20-5-3-4-19(14-20)23(30)28-11-6-17(7-12-28)18-8-13-29-22(15-18)21(16-26-29)24(31)27-9-1-2-10-27/h3-5,8,13-17H,1-2,6-7,9-12H2. The molecule has 2 aliphatic rings. The molecule has 160 valence electrons. The summed E-state index contributed by atoms with van der Waals surface area (Å²) in [6, 6.07) is 11.3. The molecule has 5 rings (SSSR count). The molecule has 2 amide bonds. The molecule has 6 nitrogen and oxygen atoms in total. The third-order valence-corrected chi connectivity index (χ3v) is 6.73. The van der Waals surface area contributed by atoms with Crippen molar-refractivity contribution in [1.29, 1.82) is 0 Å². The smallest absolute Gasteiger partial charge is 0.257 e. The number of fused-ring (bicyclic) bond motifs is 1. The highest BCUT2D eigenvalue weighted by Gasteiger charge is 2.26. The van der Waals surface area contributed by atoms with E-state index in [1.807, 2.05) is 28.1 Å². The summed E-state index contributed by atoms with van der Waals surface area (Å²) in [5.74, 6) is 0.468. The van der Waals surface area contributed by atoms with Crippen molar-refractivity contribution < 1.29 is 9.59 Å². The summed E-state index contributed by atoms with van der Waals surface area (Å²) in [6.45, 7) is 3.07. The van der Waals surface area contributed by atoms with Crippen molar-refractivity contribution in [3.05, 3.63) is 70.5 Å². The summed E-state index contributed by atoms with van der Waals surface area (Å²) in [6.07, 6.45) is 7.56. The van der Waals surface area contributed by atoms with Crippen LogP contribution >= 0.6 is 11.6 Å². The van der Waals surface area contributed by atoms with Gasteiger partial charge in [-0.3, -0.25) is 9.59 Å². The molecule has 2 aliphatic heterocycles. The Hall–Kier alpha value is -2.86. The van der Waals surface area contributed by atoms with Gasteiger partial charge in [0.05, 0.1) is 17.3 Å². The molecule has 3 aromatic rings. The van der Waals surface area contributed by atoms with Crippen LogP contribution in [0.4, 0.5) is 0 Å². The first-order chi connectivity index (χ1) is 15.1. The van der Waals surface area contributed by atoms with Gasteiger partial charge in [-0.15, -0.1) is 0 Å². The molecule has 2 saturated heterocycles. The maximum atomic E-state index is 12.9. The first-order valence-electron chi connectivity index (χ1n) is 10.9. The Morgan fingerprint density at radius 1 is 0.935 bits per heavy atom. The van der Waals surface area contributed by atoms with Gasteiger partial charge in [0.15, 0.2) is 0 Å². The number of piperidine rings is 1. The van der Waals surface area contributed by atoms with E-state index in [0.717, 1.165) is 44.3 Å². The lowest BCUT2D eigenvalue weighted by atomic mass is 9.89. The number of amides is 2. The van der Waals surface area contributed by atoms with E-state index in [0.29, 0.717) is 35.2 Å². The maximum absolute atomic E-state index is 12.9. The third kappa shape index (κ3) is 3.92. The Kier molecular flexibility index (Phi) is 5.40. The molecule has 0 atom stereocenters. The summed E-state index contributed by atoms with van der Waals surface area (Å²) < 4.78 is 1.78. The van der Waals surface area contributed by atoms with E-state index < -0.39 is 0 Å². The van der Waals surface area contributed by atoms with Crippen LogP contribution < -0.4 is 0 Å². The molecular formula is C24H25ClN4O2. The summed E-state index contributed by atoms with van der Waals surface area (Å²) >= 11 is 6.04. The second kappa shape index (κ2) is 8.35. The summed E-state index contributed by atoms with van der Waals surface area (Å²) in [4.78, 5) is 29.5. The Balaban J connectivity index is 1.31. The average molecular weight is 437 g/mol. The zero-order chi connectivity index (χ0) is 21.4. The van der Waals surface area contributed by atoms with Crippen LogP contribution in [0.3, 0.4) is 0 Å². The molecular weight excluding hydrogens is 412 g/mol. The van der Waals surface area contributed by atoms with Gasteiger partial charge in [0.25, 0.3) is 11.8 Å². The van der Waals surface area contributed by atoms with E-state index in [1.54, 1.807) is 22.8 Å². The average Bonchev–Trinajstić information content (AvgIpc) is 3.48. The first-order valence-corrected chi connectivity index (χ1v) is 11.3. The van der Waals surface area contributed by atoms with Crippen molar-refractivity contribution in [2.24, 2.45) is 0 Å². The highest BCUT2D eigenvalue weighted by atomic mass is 35.5. The van der Waals surface area contributed by atoms with Crippen molar-refractivity contribution in [2.45, 2.75) is 31.6 Å². The quantitative estimate of drug-likeness (QED) is 0.617. The van der Waals surface area contributed by atoms with Gasteiger partial charge >= 0.3 is 0 Å². The number of carbonyl (C=O) groups excluding carboxylic acids is 2. The van der Waals surface area contributed by atoms with Gasteiger partial charge in [-0.05, 0) is 67.5 Å². The van der Waals surface area contributed by atoms with E-state index in [-0.39, 0.29) is 11.8 Å². The van der Waals surface area contributed by atoms with Gasteiger partial charge in [-0.25, -0.2) is 4.52 Å². The fraction of sp³-hybridized carbons (Fsp3) is 0.375. The number of carbonyl (C=O) groups is 2. The SMILES string of the molecule is O=C(c1cccc(Cl)c1)N1CCC(c2ccn3ncc(C(=O)N4CCCC4)c3c2)CC1. The maximum Gasteiger partial charge on any atom is 0.257 e. The van der Waals surface area contributed by atoms with E-state index in [2.05, 4.69) is 17.2 Å². The molecule has 0 bridgehead atoms. The normalized spacial score (nSPS) is 17.5. The van der Waals surface area contributed by atoms with Crippen molar-refractivity contribution in [3.63, 3.8) is 0 Å². The minimum absolute atomic E-state index is 0.0330. The fourth-order valence-electron chi connectivity index (χ4n) is 4.73. The first kappa shape index (κ1) is 20.1. The van der Waals surface area contributed by atoms with Crippen LogP contribution in [0.1, 0.15) is 57.9 Å². The lowest BCUT2D eigenvalue weighted by Crippen LogP contribution is -2.37. The second-order valence-electron chi connectivity index (χ2n) is 8.42. The Morgan fingerprint density at radius 2 is 1.68 bits per heavy atom. The van der Waals surface area contributed by atoms with E-state index in [4.69, 9.17) is 11.6 Å². The van der Waals surface area contributed by atoms with Crippen LogP contribution in [0.25, 0.3) is 5.52 Å². The number of aromatic nitrogens is 2. The predicted octanol–water partition coefficient (Wildman–Crippen LogP) is 4.24. The Bertz CT molecular complexity index is 1130. The minimum atomic E-state index is 0.0330. The largest absolute Gasteiger partial charge is 0.339 e. The van der Waals surface area contributed by atoms with Crippen LogP contribution in [0.15, 0.2) is 48.8 Å². The Morgan fingerprint density at radius 3 is 2.42 bits per heavy atom. The molecule has 2 fully saturated rings. The van der Waals surface area contributed by atoms with Crippen molar-refractivity contribution in [1.82, 2.24) is 19.4 Å². The van der Waals surface area contributed by atoms with Crippen molar-refractivity contribution in [2.75, 3.05) is 26.2 Å². The summed E-state index contributed by atoms with van der Waals surface area (Å²) in [5, 5.41) is 4.96. The molecule has 7 heteroatoms. The molecule has 4 heterocycles. The molecule has 2 aromatic heterocycles. The van der Waals surface area contributed by atoms with Crippen molar-refractivity contribution >= 4 is 28.9 Å². The number of halogens is 1. The van der Waals surface area contributed by atoms with Crippen LogP contribution in [-0.2, 0) is 0 Å². The van der Waals surface area contributed by atoms with Gasteiger partial charge < -0.3 is 9.80 Å². The highest BCUT2D eigenvalue weighted by Crippen LogP contribution is 2.30. The molecule has 0 unspecified atom stereocenters. The number of nitrogens with zero attached hydrogens (tertiary/aromatic N) is 4. The molecule has 0 saturated carbocycles.